The highest BCUT2D eigenvalue weighted by Gasteiger charge is 2.35. The molecule has 2 N–H and O–H groups in total. The number of methoxy groups -OCH3 is 1. The van der Waals surface area contributed by atoms with Crippen LogP contribution in [-0.2, 0) is 19.4 Å². The fourth-order valence-corrected chi connectivity index (χ4v) is 4.49. The van der Waals surface area contributed by atoms with Crippen molar-refractivity contribution >= 4 is 21.8 Å². The monoisotopic (exact) mass is 448 g/mol. The molecule has 0 aromatic heterocycles. The quantitative estimate of drug-likeness (QED) is 0.497. The molecule has 0 spiro atoms. The first-order valence-corrected chi connectivity index (χ1v) is 11.0. The standard InChI is InChI=1S/C21H21FN2O6S/c1-3-30-20(25)18-17(12-31(27,28)16-9-7-14(22)8-10-16)23-21(26)24-19(18)13-5-4-6-15(11-13)29-2/h4-11,19H,3,12H2,1-2H3,(H2,23,24,26). The second-order valence-corrected chi connectivity index (χ2v) is 8.62. The van der Waals surface area contributed by atoms with Crippen LogP contribution < -0.4 is 15.4 Å². The number of esters is 1. The van der Waals surface area contributed by atoms with Gasteiger partial charge in [-0.25, -0.2) is 22.4 Å². The normalized spacial score (nSPS) is 16.4. The fourth-order valence-electron chi connectivity index (χ4n) is 3.17. The van der Waals surface area contributed by atoms with Crippen LogP contribution in [0.5, 0.6) is 5.75 Å². The summed E-state index contributed by atoms with van der Waals surface area (Å²) in [7, 11) is -2.52. The minimum Gasteiger partial charge on any atom is -0.497 e. The number of carbonyl (C=O) groups is 2. The fraction of sp³-hybridized carbons (Fsp3) is 0.238. The number of ether oxygens (including phenoxy) is 2. The van der Waals surface area contributed by atoms with Crippen LogP contribution in [0, 0.1) is 5.82 Å². The molecule has 0 fully saturated rings. The van der Waals surface area contributed by atoms with E-state index >= 15 is 0 Å². The van der Waals surface area contributed by atoms with Gasteiger partial charge in [0.1, 0.15) is 11.6 Å². The maximum atomic E-state index is 13.2. The molecule has 3 rings (SSSR count). The van der Waals surface area contributed by atoms with E-state index in [0.29, 0.717) is 11.3 Å². The number of rotatable bonds is 7. The molecule has 2 aromatic rings. The number of sulfone groups is 1. The van der Waals surface area contributed by atoms with Crippen molar-refractivity contribution in [3.63, 3.8) is 0 Å². The van der Waals surface area contributed by atoms with Gasteiger partial charge in [-0.1, -0.05) is 12.1 Å². The van der Waals surface area contributed by atoms with Crippen LogP contribution in [0.2, 0.25) is 0 Å². The summed E-state index contributed by atoms with van der Waals surface area (Å²) >= 11 is 0. The van der Waals surface area contributed by atoms with Gasteiger partial charge in [-0.05, 0) is 48.9 Å². The van der Waals surface area contributed by atoms with Crippen LogP contribution in [0.1, 0.15) is 18.5 Å². The lowest BCUT2D eigenvalue weighted by Crippen LogP contribution is -2.47. The summed E-state index contributed by atoms with van der Waals surface area (Å²) in [4.78, 5) is 25.0. The molecule has 1 aliphatic heterocycles. The smallest absolute Gasteiger partial charge is 0.338 e. The predicted octanol–water partition coefficient (Wildman–Crippen LogP) is 2.48. The van der Waals surface area contributed by atoms with Crippen LogP contribution in [0.3, 0.4) is 0 Å². The Labute approximate surface area is 179 Å². The molecule has 1 unspecified atom stereocenters. The summed E-state index contributed by atoms with van der Waals surface area (Å²) in [5, 5.41) is 5.04. The van der Waals surface area contributed by atoms with Gasteiger partial charge >= 0.3 is 12.0 Å². The van der Waals surface area contributed by atoms with Gasteiger partial charge in [0, 0.05) is 5.70 Å². The summed E-state index contributed by atoms with van der Waals surface area (Å²) in [5.74, 6) is -1.54. The minimum atomic E-state index is -4.00. The summed E-state index contributed by atoms with van der Waals surface area (Å²) in [6.45, 7) is 1.67. The maximum Gasteiger partial charge on any atom is 0.338 e. The summed E-state index contributed by atoms with van der Waals surface area (Å²) in [6.07, 6.45) is 0. The van der Waals surface area contributed by atoms with Crippen LogP contribution in [0.25, 0.3) is 0 Å². The van der Waals surface area contributed by atoms with Crippen molar-refractivity contribution in [2.24, 2.45) is 0 Å². The molecule has 0 radical (unpaired) electrons. The van der Waals surface area contributed by atoms with Crippen LogP contribution in [-0.4, -0.2) is 39.9 Å². The van der Waals surface area contributed by atoms with Crippen molar-refractivity contribution in [2.75, 3.05) is 19.5 Å². The number of nitrogens with one attached hydrogen (secondary N) is 2. The Hall–Kier alpha value is -3.40. The number of urea groups is 1. The molecule has 2 aromatic carbocycles. The van der Waals surface area contributed by atoms with E-state index in [4.69, 9.17) is 9.47 Å². The molecular formula is C21H21FN2O6S. The third kappa shape index (κ3) is 5.02. The third-order valence-corrected chi connectivity index (χ3v) is 6.24. The van der Waals surface area contributed by atoms with Gasteiger partial charge in [0.2, 0.25) is 0 Å². The van der Waals surface area contributed by atoms with Crippen LogP contribution >= 0.6 is 0 Å². The Kier molecular flexibility index (Phi) is 6.59. The Bertz CT molecular complexity index is 1130. The largest absolute Gasteiger partial charge is 0.497 e. The first kappa shape index (κ1) is 22.3. The van der Waals surface area contributed by atoms with Crippen molar-refractivity contribution in [3.05, 3.63) is 71.2 Å². The number of halogens is 1. The highest BCUT2D eigenvalue weighted by Crippen LogP contribution is 2.31. The van der Waals surface area contributed by atoms with E-state index in [2.05, 4.69) is 10.6 Å². The zero-order valence-corrected chi connectivity index (χ0v) is 17.7. The predicted molar refractivity (Wildman–Crippen MR) is 110 cm³/mol. The van der Waals surface area contributed by atoms with Crippen LogP contribution in [0.4, 0.5) is 9.18 Å². The molecule has 164 valence electrons. The molecule has 31 heavy (non-hydrogen) atoms. The maximum absolute atomic E-state index is 13.2. The molecular weight excluding hydrogens is 427 g/mol. The van der Waals surface area contributed by atoms with E-state index in [1.54, 1.807) is 31.2 Å². The first-order chi connectivity index (χ1) is 14.7. The molecule has 1 heterocycles. The number of carbonyl (C=O) groups excluding carboxylic acids is 2. The van der Waals surface area contributed by atoms with Gasteiger partial charge in [-0.2, -0.15) is 0 Å². The van der Waals surface area contributed by atoms with Crippen molar-refractivity contribution in [3.8, 4) is 5.75 Å². The summed E-state index contributed by atoms with van der Waals surface area (Å²) in [5.41, 5.74) is 0.355. The van der Waals surface area contributed by atoms with Gasteiger partial charge in [0.25, 0.3) is 0 Å². The number of hydrogen-bond donors (Lipinski definition) is 2. The third-order valence-electron chi connectivity index (χ3n) is 4.58. The Morgan fingerprint density at radius 2 is 1.87 bits per heavy atom. The molecule has 0 aliphatic carbocycles. The molecule has 10 heteroatoms. The van der Waals surface area contributed by atoms with Gasteiger partial charge < -0.3 is 20.1 Å². The second kappa shape index (κ2) is 9.17. The zero-order chi connectivity index (χ0) is 22.6. The van der Waals surface area contributed by atoms with Crippen molar-refractivity contribution in [1.29, 1.82) is 0 Å². The molecule has 8 nitrogen and oxygen atoms in total. The summed E-state index contributed by atoms with van der Waals surface area (Å²) < 4.78 is 49.3. The van der Waals surface area contributed by atoms with Crippen molar-refractivity contribution in [1.82, 2.24) is 10.6 Å². The lowest BCUT2D eigenvalue weighted by molar-refractivity contribution is -0.139. The lowest BCUT2D eigenvalue weighted by atomic mass is 9.95. The molecule has 0 bridgehead atoms. The van der Waals surface area contributed by atoms with Gasteiger partial charge in [0.05, 0.1) is 36.0 Å². The Morgan fingerprint density at radius 1 is 1.16 bits per heavy atom. The van der Waals surface area contributed by atoms with Gasteiger partial charge in [0.15, 0.2) is 9.84 Å². The number of hydrogen-bond acceptors (Lipinski definition) is 6. The SMILES string of the molecule is CCOC(=O)C1=C(CS(=O)(=O)c2ccc(F)cc2)NC(=O)NC1c1cccc(OC)c1. The number of amides is 2. The average Bonchev–Trinajstić information content (AvgIpc) is 2.73. The first-order valence-electron chi connectivity index (χ1n) is 9.35. The average molecular weight is 448 g/mol. The molecule has 0 saturated carbocycles. The summed E-state index contributed by atoms with van der Waals surface area (Å²) in [6, 6.07) is 9.33. The minimum absolute atomic E-state index is 0.0413. The highest BCUT2D eigenvalue weighted by molar-refractivity contribution is 7.91. The molecule has 2 amide bonds. The van der Waals surface area contributed by atoms with Crippen molar-refractivity contribution in [2.45, 2.75) is 17.9 Å². The van der Waals surface area contributed by atoms with E-state index in [-0.39, 0.29) is 22.8 Å². The van der Waals surface area contributed by atoms with E-state index in [1.165, 1.54) is 7.11 Å². The second-order valence-electron chi connectivity index (χ2n) is 6.63. The van der Waals surface area contributed by atoms with Crippen LogP contribution in [0.15, 0.2) is 64.7 Å². The Morgan fingerprint density at radius 3 is 2.52 bits per heavy atom. The molecule has 0 saturated heterocycles. The zero-order valence-electron chi connectivity index (χ0n) is 16.8. The van der Waals surface area contributed by atoms with E-state index in [0.717, 1.165) is 24.3 Å². The van der Waals surface area contributed by atoms with E-state index in [9.17, 15) is 22.4 Å². The van der Waals surface area contributed by atoms with E-state index in [1.807, 2.05) is 0 Å². The highest BCUT2D eigenvalue weighted by atomic mass is 32.2. The topological polar surface area (TPSA) is 111 Å². The molecule has 1 aliphatic rings. The molecule has 1 atom stereocenters. The lowest BCUT2D eigenvalue weighted by Gasteiger charge is -2.29. The Balaban J connectivity index is 2.10. The van der Waals surface area contributed by atoms with Gasteiger partial charge in [-0.15, -0.1) is 0 Å². The number of benzene rings is 2. The van der Waals surface area contributed by atoms with Gasteiger partial charge in [-0.3, -0.25) is 0 Å². The van der Waals surface area contributed by atoms with E-state index < -0.39 is 39.4 Å². The van der Waals surface area contributed by atoms with Crippen molar-refractivity contribution < 1.29 is 31.9 Å².